The van der Waals surface area contributed by atoms with Crippen LogP contribution >= 0.6 is 11.6 Å². The Hall–Kier alpha value is -4.15. The molecule has 0 radical (unpaired) electrons. The van der Waals surface area contributed by atoms with Crippen LogP contribution < -0.4 is 10.1 Å². The summed E-state index contributed by atoms with van der Waals surface area (Å²) in [7, 11) is 0. The van der Waals surface area contributed by atoms with Gasteiger partial charge >= 0.3 is 0 Å². The molecule has 3 aromatic carbocycles. The number of ether oxygens (including phenoxy) is 1. The lowest BCUT2D eigenvalue weighted by molar-refractivity contribution is -0.118. The Morgan fingerprint density at radius 3 is 2.72 bits per heavy atom. The van der Waals surface area contributed by atoms with E-state index in [1.807, 2.05) is 24.3 Å². The lowest BCUT2D eigenvalue weighted by Crippen LogP contribution is -2.20. The van der Waals surface area contributed by atoms with Crippen LogP contribution in [0.25, 0.3) is 22.7 Å². The number of carbonyl (C=O) groups excluding carboxylic acids is 1. The number of para-hydroxylation sites is 3. The lowest BCUT2D eigenvalue weighted by atomic mass is 10.1. The minimum atomic E-state index is -0.534. The standard InChI is InChI=1S/C24H16ClFN4O2/c25-17-12-15(11-16(13-27)24-29-20-7-3-4-8-21(20)30-24)9-10-22(17)32-14-23(31)28-19-6-2-1-5-18(19)26/h1-12H,14H2,(H,28,31)(H,29,30). The Morgan fingerprint density at radius 2 is 1.97 bits per heavy atom. The number of imidazole rings is 1. The molecule has 0 spiro atoms. The van der Waals surface area contributed by atoms with Gasteiger partial charge in [0.05, 0.1) is 27.3 Å². The summed E-state index contributed by atoms with van der Waals surface area (Å²) in [6.45, 7) is -0.342. The van der Waals surface area contributed by atoms with Crippen molar-refractivity contribution in [1.82, 2.24) is 9.97 Å². The zero-order valence-electron chi connectivity index (χ0n) is 16.6. The molecule has 0 unspecified atom stereocenters. The first-order valence-corrected chi connectivity index (χ1v) is 9.95. The monoisotopic (exact) mass is 446 g/mol. The molecule has 0 aliphatic carbocycles. The van der Waals surface area contributed by atoms with E-state index < -0.39 is 11.7 Å². The van der Waals surface area contributed by atoms with Gasteiger partial charge in [0.15, 0.2) is 6.61 Å². The normalized spacial score (nSPS) is 11.2. The second-order valence-electron chi connectivity index (χ2n) is 6.78. The second kappa shape index (κ2) is 9.33. The Bertz CT molecular complexity index is 1340. The molecule has 158 valence electrons. The smallest absolute Gasteiger partial charge is 0.262 e. The first-order valence-electron chi connectivity index (χ1n) is 9.57. The number of hydrogen-bond acceptors (Lipinski definition) is 4. The van der Waals surface area contributed by atoms with E-state index in [0.29, 0.717) is 17.0 Å². The Kier molecular flexibility index (Phi) is 6.15. The van der Waals surface area contributed by atoms with Crippen molar-refractivity contribution >= 4 is 45.9 Å². The van der Waals surface area contributed by atoms with Crippen molar-refractivity contribution in [2.24, 2.45) is 0 Å². The fourth-order valence-corrected chi connectivity index (χ4v) is 3.26. The number of halogens is 2. The number of H-pyrrole nitrogens is 1. The Morgan fingerprint density at radius 1 is 1.19 bits per heavy atom. The van der Waals surface area contributed by atoms with Crippen molar-refractivity contribution in [1.29, 1.82) is 5.26 Å². The van der Waals surface area contributed by atoms with E-state index in [1.165, 1.54) is 18.2 Å². The van der Waals surface area contributed by atoms with Gasteiger partial charge in [0, 0.05) is 0 Å². The maximum atomic E-state index is 13.6. The topological polar surface area (TPSA) is 90.8 Å². The second-order valence-corrected chi connectivity index (χ2v) is 7.19. The van der Waals surface area contributed by atoms with Crippen LogP contribution in [0.2, 0.25) is 5.02 Å². The number of nitrogens with zero attached hydrogens (tertiary/aromatic N) is 2. The highest BCUT2D eigenvalue weighted by Gasteiger charge is 2.11. The molecule has 1 amide bonds. The zero-order chi connectivity index (χ0) is 22.5. The summed E-state index contributed by atoms with van der Waals surface area (Å²) in [4.78, 5) is 19.6. The van der Waals surface area contributed by atoms with Crippen LogP contribution in [0, 0.1) is 17.1 Å². The van der Waals surface area contributed by atoms with Crippen molar-refractivity contribution < 1.29 is 13.9 Å². The number of amides is 1. The summed E-state index contributed by atoms with van der Waals surface area (Å²) in [6, 6.07) is 20.4. The van der Waals surface area contributed by atoms with Crippen LogP contribution in [0.3, 0.4) is 0 Å². The maximum Gasteiger partial charge on any atom is 0.262 e. The molecule has 1 aromatic heterocycles. The zero-order valence-corrected chi connectivity index (χ0v) is 17.4. The van der Waals surface area contributed by atoms with Gasteiger partial charge in [-0.2, -0.15) is 5.26 Å². The number of benzene rings is 3. The maximum absolute atomic E-state index is 13.6. The number of allylic oxidation sites excluding steroid dienone is 1. The summed E-state index contributed by atoms with van der Waals surface area (Å²) in [6.07, 6.45) is 1.65. The number of aromatic nitrogens is 2. The molecule has 1 heterocycles. The Labute approximate surface area is 187 Å². The number of carbonyl (C=O) groups is 1. The van der Waals surface area contributed by atoms with Crippen molar-refractivity contribution in [2.45, 2.75) is 0 Å². The highest BCUT2D eigenvalue weighted by atomic mass is 35.5. The lowest BCUT2D eigenvalue weighted by Gasteiger charge is -2.10. The summed E-state index contributed by atoms with van der Waals surface area (Å²) in [5, 5.41) is 12.3. The van der Waals surface area contributed by atoms with E-state index in [4.69, 9.17) is 16.3 Å². The largest absolute Gasteiger partial charge is 0.482 e. The van der Waals surface area contributed by atoms with E-state index >= 15 is 0 Å². The highest BCUT2D eigenvalue weighted by molar-refractivity contribution is 6.32. The number of rotatable bonds is 6. The molecule has 4 rings (SSSR count). The van der Waals surface area contributed by atoms with Crippen LogP contribution in [-0.2, 0) is 4.79 Å². The van der Waals surface area contributed by atoms with E-state index in [-0.39, 0.29) is 23.1 Å². The third-order valence-corrected chi connectivity index (χ3v) is 4.83. The third-order valence-electron chi connectivity index (χ3n) is 4.54. The Balaban J connectivity index is 1.46. The first kappa shape index (κ1) is 21.1. The predicted molar refractivity (Wildman–Crippen MR) is 122 cm³/mol. The van der Waals surface area contributed by atoms with E-state index in [0.717, 1.165) is 11.0 Å². The molecule has 0 saturated carbocycles. The molecule has 4 aromatic rings. The van der Waals surface area contributed by atoms with Gasteiger partial charge in [0.1, 0.15) is 23.5 Å². The van der Waals surface area contributed by atoms with E-state index in [9.17, 15) is 14.4 Å². The van der Waals surface area contributed by atoms with Gasteiger partial charge in [-0.15, -0.1) is 0 Å². The molecule has 8 heteroatoms. The van der Waals surface area contributed by atoms with Crippen LogP contribution in [0.15, 0.2) is 66.7 Å². The van der Waals surface area contributed by atoms with Crippen LogP contribution in [-0.4, -0.2) is 22.5 Å². The molecule has 0 bridgehead atoms. The summed E-state index contributed by atoms with van der Waals surface area (Å²) in [5.41, 5.74) is 2.67. The van der Waals surface area contributed by atoms with Gasteiger partial charge < -0.3 is 15.0 Å². The quantitative estimate of drug-likeness (QED) is 0.386. The highest BCUT2D eigenvalue weighted by Crippen LogP contribution is 2.28. The number of nitriles is 1. The van der Waals surface area contributed by atoms with Crippen molar-refractivity contribution in [3.05, 3.63) is 89.0 Å². The summed E-state index contributed by atoms with van der Waals surface area (Å²) in [5.74, 6) is -0.315. The molecule has 32 heavy (non-hydrogen) atoms. The minimum absolute atomic E-state index is 0.0716. The van der Waals surface area contributed by atoms with Crippen molar-refractivity contribution in [3.63, 3.8) is 0 Å². The minimum Gasteiger partial charge on any atom is -0.482 e. The van der Waals surface area contributed by atoms with Crippen LogP contribution in [0.1, 0.15) is 11.4 Å². The SMILES string of the molecule is N#CC(=Cc1ccc(OCC(=O)Nc2ccccc2F)c(Cl)c1)c1nc2ccccc2[nH]1. The van der Waals surface area contributed by atoms with Gasteiger partial charge in [-0.1, -0.05) is 41.9 Å². The van der Waals surface area contributed by atoms with Gasteiger partial charge in [-0.25, -0.2) is 9.37 Å². The molecular formula is C24H16ClFN4O2. The van der Waals surface area contributed by atoms with Crippen LogP contribution in [0.5, 0.6) is 5.75 Å². The average Bonchev–Trinajstić information content (AvgIpc) is 3.22. The number of nitrogens with one attached hydrogen (secondary N) is 2. The van der Waals surface area contributed by atoms with Crippen molar-refractivity contribution in [2.75, 3.05) is 11.9 Å². The molecule has 0 fully saturated rings. The average molecular weight is 447 g/mol. The van der Waals surface area contributed by atoms with E-state index in [1.54, 1.807) is 30.3 Å². The molecule has 0 atom stereocenters. The third kappa shape index (κ3) is 4.77. The summed E-state index contributed by atoms with van der Waals surface area (Å²) < 4.78 is 19.1. The molecule has 6 nitrogen and oxygen atoms in total. The summed E-state index contributed by atoms with van der Waals surface area (Å²) >= 11 is 6.28. The number of hydrogen-bond donors (Lipinski definition) is 2. The van der Waals surface area contributed by atoms with Gasteiger partial charge in [-0.3, -0.25) is 4.79 Å². The number of anilines is 1. The molecule has 0 saturated heterocycles. The fraction of sp³-hybridized carbons (Fsp3) is 0.0417. The van der Waals surface area contributed by atoms with Crippen molar-refractivity contribution in [3.8, 4) is 11.8 Å². The number of fused-ring (bicyclic) bond motifs is 1. The molecule has 2 N–H and O–H groups in total. The van der Waals surface area contributed by atoms with Gasteiger partial charge in [0.25, 0.3) is 5.91 Å². The van der Waals surface area contributed by atoms with Gasteiger partial charge in [-0.05, 0) is 48.0 Å². The first-order chi connectivity index (χ1) is 15.5. The van der Waals surface area contributed by atoms with Gasteiger partial charge in [0.2, 0.25) is 0 Å². The van der Waals surface area contributed by atoms with Crippen LogP contribution in [0.4, 0.5) is 10.1 Å². The van der Waals surface area contributed by atoms with E-state index in [2.05, 4.69) is 21.4 Å². The fourth-order valence-electron chi connectivity index (χ4n) is 3.02. The molecular weight excluding hydrogens is 431 g/mol. The molecule has 0 aliphatic rings. The predicted octanol–water partition coefficient (Wildman–Crippen LogP) is 5.44. The molecule has 0 aliphatic heterocycles. The number of aromatic amines is 1.